The number of carbonyl (C=O) groups excluding carboxylic acids is 4. The molecule has 0 aliphatic carbocycles. The van der Waals surface area contributed by atoms with Crippen LogP contribution in [0.2, 0.25) is 0 Å². The van der Waals surface area contributed by atoms with E-state index in [1.165, 1.54) is 96.1 Å². The number of hydrogen-bond donors (Lipinski definition) is 2. The summed E-state index contributed by atoms with van der Waals surface area (Å²) in [4.78, 5) is 50.0. The van der Waals surface area contributed by atoms with Gasteiger partial charge in [-0.3, -0.25) is 14.4 Å². The Morgan fingerprint density at radius 1 is 0.638 bits per heavy atom. The fraction of sp³-hybridized carbons (Fsp3) is 0.737. The Bertz CT molecular complexity index is 942. The average Bonchev–Trinajstić information content (AvgIpc) is 3.04. The van der Waals surface area contributed by atoms with E-state index in [4.69, 9.17) is 14.2 Å². The van der Waals surface area contributed by atoms with Crippen molar-refractivity contribution in [2.45, 2.75) is 168 Å². The average molecular weight is 662 g/mol. The number of hydrogen-bond acceptors (Lipinski definition) is 8. The van der Waals surface area contributed by atoms with Crippen LogP contribution in [0.25, 0.3) is 0 Å². The molecule has 0 unspecified atom stereocenters. The lowest BCUT2D eigenvalue weighted by Gasteiger charge is -2.22. The minimum atomic E-state index is -1.02. The molecule has 268 valence electrons. The predicted molar refractivity (Wildman–Crippen MR) is 185 cm³/mol. The Morgan fingerprint density at radius 3 is 1.45 bits per heavy atom. The summed E-state index contributed by atoms with van der Waals surface area (Å²) in [6.45, 7) is 5.22. The number of amides is 1. The van der Waals surface area contributed by atoms with Gasteiger partial charge < -0.3 is 24.6 Å². The summed E-state index contributed by atoms with van der Waals surface area (Å²) in [5.74, 6) is -1.85. The summed E-state index contributed by atoms with van der Waals surface area (Å²) in [5.41, 5.74) is 0.704. The topological polar surface area (TPSA) is 128 Å². The van der Waals surface area contributed by atoms with Crippen molar-refractivity contribution in [1.29, 1.82) is 0 Å². The van der Waals surface area contributed by atoms with Crippen LogP contribution in [-0.2, 0) is 39.8 Å². The molecule has 0 radical (unpaired) electrons. The summed E-state index contributed by atoms with van der Waals surface area (Å²) in [6, 6.07) is 5.27. The zero-order valence-electron chi connectivity index (χ0n) is 29.5. The summed E-state index contributed by atoms with van der Waals surface area (Å²) in [7, 11) is 0. The summed E-state index contributed by atoms with van der Waals surface area (Å²) in [6.07, 6.45) is 20.1. The quantitative estimate of drug-likeness (QED) is 0.0499. The first-order chi connectivity index (χ1) is 22.7. The van der Waals surface area contributed by atoms with Gasteiger partial charge in [-0.2, -0.15) is 0 Å². The Labute approximate surface area is 283 Å². The number of ether oxygens (including phenoxy) is 3. The van der Waals surface area contributed by atoms with Gasteiger partial charge in [-0.15, -0.1) is 0 Å². The van der Waals surface area contributed by atoms with Crippen molar-refractivity contribution >= 4 is 23.8 Å². The molecule has 9 nitrogen and oxygen atoms in total. The van der Waals surface area contributed by atoms with Gasteiger partial charge in [0.2, 0.25) is 5.91 Å². The number of rotatable bonds is 29. The number of phenolic OH excluding ortho intramolecular Hbond substituents is 1. The molecule has 9 heteroatoms. The van der Waals surface area contributed by atoms with Gasteiger partial charge in [0.15, 0.2) is 6.10 Å². The van der Waals surface area contributed by atoms with Crippen molar-refractivity contribution in [3.8, 4) is 5.75 Å². The van der Waals surface area contributed by atoms with E-state index in [1.54, 1.807) is 12.1 Å². The van der Waals surface area contributed by atoms with E-state index < -0.39 is 36.0 Å². The van der Waals surface area contributed by atoms with Crippen LogP contribution in [0.5, 0.6) is 5.75 Å². The number of aromatic hydroxyl groups is 1. The van der Waals surface area contributed by atoms with Crippen molar-refractivity contribution in [2.75, 3.05) is 13.2 Å². The first-order valence-corrected chi connectivity index (χ1v) is 18.3. The van der Waals surface area contributed by atoms with Crippen molar-refractivity contribution < 1.29 is 38.5 Å². The van der Waals surface area contributed by atoms with Gasteiger partial charge in [0, 0.05) is 26.2 Å². The van der Waals surface area contributed by atoms with Crippen molar-refractivity contribution in [3.63, 3.8) is 0 Å². The second-order valence-corrected chi connectivity index (χ2v) is 12.7. The number of unbranched alkanes of at least 4 members (excludes halogenated alkanes) is 16. The highest BCUT2D eigenvalue weighted by Crippen LogP contribution is 2.15. The maximum absolute atomic E-state index is 13.2. The molecule has 1 aromatic carbocycles. The van der Waals surface area contributed by atoms with Gasteiger partial charge in [-0.1, -0.05) is 129 Å². The molecule has 1 atom stereocenters. The molecule has 1 rings (SSSR count). The standard InChI is InChI=1S/C38H63NO8/c1-4-6-8-10-12-14-16-18-20-22-36(42)45-29-34(30-46-37(43)23-21-19-17-15-13-11-9-7-5-2)47-38(44)35(39-31(3)40)28-32-24-26-33(41)27-25-32/h24-27,34-35,41H,4-23,28-30H2,1-3H3,(H,39,40)/t35-/m0/s1. The predicted octanol–water partition coefficient (Wildman–Crippen LogP) is 8.28. The molecule has 0 aliphatic rings. The second kappa shape index (κ2) is 28.0. The first kappa shape index (κ1) is 41.9. The van der Waals surface area contributed by atoms with E-state index >= 15 is 0 Å². The van der Waals surface area contributed by atoms with Crippen LogP contribution in [0.1, 0.15) is 155 Å². The van der Waals surface area contributed by atoms with Gasteiger partial charge in [-0.05, 0) is 30.5 Å². The summed E-state index contributed by atoms with van der Waals surface area (Å²) >= 11 is 0. The lowest BCUT2D eigenvalue weighted by molar-refractivity contribution is -0.168. The number of nitrogens with one attached hydrogen (secondary N) is 1. The monoisotopic (exact) mass is 661 g/mol. The van der Waals surface area contributed by atoms with E-state index in [0.29, 0.717) is 5.56 Å². The lowest BCUT2D eigenvalue weighted by atomic mass is 10.1. The highest BCUT2D eigenvalue weighted by Gasteiger charge is 2.27. The zero-order valence-corrected chi connectivity index (χ0v) is 29.5. The van der Waals surface area contributed by atoms with Gasteiger partial charge in [0.05, 0.1) is 0 Å². The molecule has 0 fully saturated rings. The van der Waals surface area contributed by atoms with Crippen molar-refractivity contribution in [2.24, 2.45) is 0 Å². The van der Waals surface area contributed by atoms with Crippen LogP contribution in [-0.4, -0.2) is 54.3 Å². The Kier molecular flexibility index (Phi) is 24.9. The van der Waals surface area contributed by atoms with Crippen molar-refractivity contribution in [1.82, 2.24) is 5.32 Å². The molecule has 1 aromatic rings. The number of benzene rings is 1. The molecule has 0 saturated heterocycles. The minimum Gasteiger partial charge on any atom is -0.508 e. The maximum Gasteiger partial charge on any atom is 0.329 e. The fourth-order valence-corrected chi connectivity index (χ4v) is 5.35. The van der Waals surface area contributed by atoms with Crippen LogP contribution in [0.4, 0.5) is 0 Å². The molecule has 1 amide bonds. The van der Waals surface area contributed by atoms with Gasteiger partial charge in [-0.25, -0.2) is 4.79 Å². The molecule has 0 bridgehead atoms. The Hall–Kier alpha value is -3.10. The molecule has 0 aromatic heterocycles. The highest BCUT2D eigenvalue weighted by molar-refractivity contribution is 5.83. The van der Waals surface area contributed by atoms with E-state index in [1.807, 2.05) is 0 Å². The number of esters is 3. The first-order valence-electron chi connectivity index (χ1n) is 18.3. The Balaban J connectivity index is 2.61. The van der Waals surface area contributed by atoms with Gasteiger partial charge >= 0.3 is 17.9 Å². The normalized spacial score (nSPS) is 11.7. The van der Waals surface area contributed by atoms with E-state index in [0.717, 1.165) is 38.5 Å². The fourth-order valence-electron chi connectivity index (χ4n) is 5.35. The second-order valence-electron chi connectivity index (χ2n) is 12.7. The summed E-state index contributed by atoms with van der Waals surface area (Å²) < 4.78 is 16.5. The van der Waals surface area contributed by atoms with Crippen LogP contribution in [0.3, 0.4) is 0 Å². The van der Waals surface area contributed by atoms with E-state index in [9.17, 15) is 24.3 Å². The molecule has 0 saturated carbocycles. The number of phenols is 1. The molecule has 0 heterocycles. The maximum atomic E-state index is 13.2. The third-order valence-corrected chi connectivity index (χ3v) is 8.15. The third kappa shape index (κ3) is 23.8. The van der Waals surface area contributed by atoms with Crippen LogP contribution >= 0.6 is 0 Å². The van der Waals surface area contributed by atoms with Crippen LogP contribution < -0.4 is 5.32 Å². The molecular weight excluding hydrogens is 598 g/mol. The van der Waals surface area contributed by atoms with Gasteiger partial charge in [0.1, 0.15) is 25.0 Å². The smallest absolute Gasteiger partial charge is 0.329 e. The number of carbonyl (C=O) groups is 4. The zero-order chi connectivity index (χ0) is 34.5. The molecule has 2 N–H and O–H groups in total. The highest BCUT2D eigenvalue weighted by atomic mass is 16.6. The SMILES string of the molecule is CCCCCCCCCCCC(=O)OCC(COC(=O)CCCCCCCCCCC)OC(=O)[C@H](Cc1ccc(O)cc1)NC(C)=O. The molecular formula is C38H63NO8. The van der Waals surface area contributed by atoms with Gasteiger partial charge in [0.25, 0.3) is 0 Å². The third-order valence-electron chi connectivity index (χ3n) is 8.15. The van der Waals surface area contributed by atoms with Crippen molar-refractivity contribution in [3.05, 3.63) is 29.8 Å². The lowest BCUT2D eigenvalue weighted by Crippen LogP contribution is -2.45. The van der Waals surface area contributed by atoms with E-state index in [-0.39, 0.29) is 38.2 Å². The molecule has 47 heavy (non-hydrogen) atoms. The Morgan fingerprint density at radius 2 is 1.04 bits per heavy atom. The largest absolute Gasteiger partial charge is 0.508 e. The molecule has 0 aliphatic heterocycles. The van der Waals surface area contributed by atoms with E-state index in [2.05, 4.69) is 19.2 Å². The van der Waals surface area contributed by atoms with Crippen LogP contribution in [0.15, 0.2) is 24.3 Å². The molecule has 0 spiro atoms. The summed E-state index contributed by atoms with van der Waals surface area (Å²) in [5, 5.41) is 12.2. The minimum absolute atomic E-state index is 0.0842. The van der Waals surface area contributed by atoms with Crippen LogP contribution in [0, 0.1) is 0 Å².